The molecule has 1 fully saturated rings. The smallest absolute Gasteiger partial charge is 0.301 e. The molecule has 35 heavy (non-hydrogen) atoms. The van der Waals surface area contributed by atoms with E-state index in [0.717, 1.165) is 9.17 Å². The van der Waals surface area contributed by atoms with Crippen LogP contribution in [0.15, 0.2) is 76.8 Å². The SMILES string of the molecule is CCOc1ccc(/C(O)=C2\C(=O)C(=O)N(c3nc4ccc(Cl)cc4s3)C2c2ccc(Br)cc2)cc1. The van der Waals surface area contributed by atoms with Crippen LogP contribution in [-0.2, 0) is 9.59 Å². The summed E-state index contributed by atoms with van der Waals surface area (Å²) in [6.45, 7) is 2.39. The lowest BCUT2D eigenvalue weighted by Crippen LogP contribution is -2.29. The zero-order chi connectivity index (χ0) is 24.7. The number of aliphatic hydroxyl groups excluding tert-OH is 1. The van der Waals surface area contributed by atoms with E-state index in [0.29, 0.717) is 39.2 Å². The van der Waals surface area contributed by atoms with Crippen LogP contribution in [0.2, 0.25) is 5.02 Å². The Balaban J connectivity index is 1.68. The summed E-state index contributed by atoms with van der Waals surface area (Å²) in [4.78, 5) is 32.6. The second-order valence-corrected chi connectivity index (χ2v) is 10.1. The summed E-state index contributed by atoms with van der Waals surface area (Å²) in [6.07, 6.45) is 0. The maximum Gasteiger partial charge on any atom is 0.301 e. The number of amides is 1. The van der Waals surface area contributed by atoms with E-state index < -0.39 is 17.7 Å². The molecule has 0 saturated carbocycles. The molecule has 3 aromatic carbocycles. The van der Waals surface area contributed by atoms with Crippen LogP contribution in [0.1, 0.15) is 24.1 Å². The van der Waals surface area contributed by atoms with Crippen LogP contribution >= 0.6 is 38.9 Å². The van der Waals surface area contributed by atoms with Crippen LogP contribution in [0.4, 0.5) is 5.13 Å². The highest BCUT2D eigenvalue weighted by Gasteiger charge is 2.48. The molecule has 5 rings (SSSR count). The van der Waals surface area contributed by atoms with E-state index in [1.54, 1.807) is 42.5 Å². The molecule has 6 nitrogen and oxygen atoms in total. The molecule has 0 bridgehead atoms. The van der Waals surface area contributed by atoms with Gasteiger partial charge in [0.15, 0.2) is 5.13 Å². The molecule has 1 aliphatic rings. The summed E-state index contributed by atoms with van der Waals surface area (Å²) in [7, 11) is 0. The van der Waals surface area contributed by atoms with Crippen LogP contribution in [0, 0.1) is 0 Å². The average molecular weight is 570 g/mol. The third kappa shape index (κ3) is 4.33. The lowest BCUT2D eigenvalue weighted by molar-refractivity contribution is -0.132. The fourth-order valence-corrected chi connectivity index (χ4v) is 5.54. The van der Waals surface area contributed by atoms with Gasteiger partial charge >= 0.3 is 5.91 Å². The van der Waals surface area contributed by atoms with Gasteiger partial charge in [-0.3, -0.25) is 14.5 Å². The van der Waals surface area contributed by atoms with E-state index in [1.165, 1.54) is 16.2 Å². The van der Waals surface area contributed by atoms with Crippen molar-refractivity contribution in [3.05, 3.63) is 92.9 Å². The number of carbonyl (C=O) groups is 2. The van der Waals surface area contributed by atoms with Gasteiger partial charge in [-0.25, -0.2) is 4.98 Å². The molecule has 1 aromatic heterocycles. The second kappa shape index (κ2) is 9.45. The first-order valence-corrected chi connectivity index (χ1v) is 12.7. The molecule has 1 N–H and O–H groups in total. The predicted molar refractivity (Wildman–Crippen MR) is 141 cm³/mol. The van der Waals surface area contributed by atoms with Crippen LogP contribution in [0.25, 0.3) is 16.0 Å². The van der Waals surface area contributed by atoms with Crippen molar-refractivity contribution in [2.24, 2.45) is 0 Å². The van der Waals surface area contributed by atoms with Gasteiger partial charge in [0.1, 0.15) is 11.5 Å². The molecule has 9 heteroatoms. The Hall–Kier alpha value is -3.20. The number of nitrogens with zero attached hydrogens (tertiary/aromatic N) is 2. The van der Waals surface area contributed by atoms with E-state index >= 15 is 0 Å². The lowest BCUT2D eigenvalue weighted by atomic mass is 9.95. The van der Waals surface area contributed by atoms with Crippen molar-refractivity contribution >= 4 is 71.7 Å². The zero-order valence-corrected chi connectivity index (χ0v) is 21.5. The minimum Gasteiger partial charge on any atom is -0.507 e. The molecule has 0 spiro atoms. The number of halogens is 2. The number of rotatable bonds is 5. The quantitative estimate of drug-likeness (QED) is 0.164. The topological polar surface area (TPSA) is 79.7 Å². The molecule has 4 aromatic rings. The second-order valence-electron chi connectivity index (χ2n) is 7.79. The number of ketones is 1. The van der Waals surface area contributed by atoms with E-state index in [9.17, 15) is 14.7 Å². The van der Waals surface area contributed by atoms with E-state index in [2.05, 4.69) is 20.9 Å². The molecule has 2 heterocycles. The average Bonchev–Trinajstić information content (AvgIpc) is 3.37. The molecular formula is C26H18BrClN2O4S. The van der Waals surface area contributed by atoms with Crippen molar-refractivity contribution in [3.8, 4) is 5.75 Å². The molecule has 1 aliphatic heterocycles. The fourth-order valence-electron chi connectivity index (χ4n) is 4.01. The maximum absolute atomic E-state index is 13.3. The Bertz CT molecular complexity index is 1480. The predicted octanol–water partition coefficient (Wildman–Crippen LogP) is 6.74. The number of hydrogen-bond donors (Lipinski definition) is 1. The van der Waals surface area contributed by atoms with Gasteiger partial charge < -0.3 is 9.84 Å². The number of aromatic nitrogens is 1. The standard InChI is InChI=1S/C26H18BrClN2O4S/c1-2-34-18-10-5-15(6-11-18)23(31)21-22(14-3-7-16(27)8-4-14)30(25(33)24(21)32)26-29-19-12-9-17(28)13-20(19)35-26/h3-13,22,31H,2H2,1H3/b23-21+. The Kier molecular flexibility index (Phi) is 6.35. The van der Waals surface area contributed by atoms with Gasteiger partial charge in [0, 0.05) is 15.1 Å². The third-order valence-corrected chi connectivity index (χ3v) is 7.40. The molecule has 176 valence electrons. The number of Topliss-reactive ketones (excluding diaryl/α,β-unsaturated/α-hetero) is 1. The molecule has 1 unspecified atom stereocenters. The minimum atomic E-state index is -0.856. The summed E-state index contributed by atoms with van der Waals surface area (Å²) >= 11 is 10.8. The van der Waals surface area contributed by atoms with E-state index in [4.69, 9.17) is 16.3 Å². The van der Waals surface area contributed by atoms with Gasteiger partial charge in [-0.15, -0.1) is 0 Å². The van der Waals surface area contributed by atoms with Crippen molar-refractivity contribution in [1.82, 2.24) is 4.98 Å². The highest BCUT2D eigenvalue weighted by atomic mass is 79.9. The lowest BCUT2D eigenvalue weighted by Gasteiger charge is -2.23. The van der Waals surface area contributed by atoms with Crippen molar-refractivity contribution in [2.45, 2.75) is 13.0 Å². The molecule has 0 radical (unpaired) electrons. The van der Waals surface area contributed by atoms with Crippen LogP contribution in [-0.4, -0.2) is 28.4 Å². The Morgan fingerprint density at radius 2 is 1.83 bits per heavy atom. The first-order valence-electron chi connectivity index (χ1n) is 10.7. The first kappa shape index (κ1) is 23.5. The number of thiazole rings is 1. The van der Waals surface area contributed by atoms with Crippen molar-refractivity contribution < 1.29 is 19.4 Å². The summed E-state index contributed by atoms with van der Waals surface area (Å²) in [5, 5.41) is 12.2. The van der Waals surface area contributed by atoms with Gasteiger partial charge in [0.25, 0.3) is 5.78 Å². The number of anilines is 1. The Labute approximate surface area is 218 Å². The number of benzene rings is 3. The number of aliphatic hydroxyl groups is 1. The van der Waals surface area contributed by atoms with Crippen molar-refractivity contribution in [3.63, 3.8) is 0 Å². The summed E-state index contributed by atoms with van der Waals surface area (Å²) < 4.78 is 7.10. The van der Waals surface area contributed by atoms with Gasteiger partial charge in [0.05, 0.1) is 28.4 Å². The van der Waals surface area contributed by atoms with Gasteiger partial charge in [0.2, 0.25) is 0 Å². The van der Waals surface area contributed by atoms with E-state index in [-0.39, 0.29) is 11.3 Å². The monoisotopic (exact) mass is 568 g/mol. The van der Waals surface area contributed by atoms with Gasteiger partial charge in [-0.05, 0) is 67.1 Å². The van der Waals surface area contributed by atoms with Crippen molar-refractivity contribution in [2.75, 3.05) is 11.5 Å². The molecule has 0 aliphatic carbocycles. The molecular weight excluding hydrogens is 552 g/mol. The highest BCUT2D eigenvalue weighted by Crippen LogP contribution is 2.44. The summed E-state index contributed by atoms with van der Waals surface area (Å²) in [6, 6.07) is 18.4. The van der Waals surface area contributed by atoms with E-state index in [1.807, 2.05) is 31.2 Å². The number of carbonyl (C=O) groups excluding carboxylic acids is 2. The van der Waals surface area contributed by atoms with Crippen LogP contribution in [0.3, 0.4) is 0 Å². The van der Waals surface area contributed by atoms with Crippen LogP contribution in [0.5, 0.6) is 5.75 Å². The highest BCUT2D eigenvalue weighted by molar-refractivity contribution is 9.10. The molecule has 1 atom stereocenters. The molecule has 1 amide bonds. The van der Waals surface area contributed by atoms with Crippen LogP contribution < -0.4 is 9.64 Å². The molecule has 1 saturated heterocycles. The number of hydrogen-bond acceptors (Lipinski definition) is 6. The third-order valence-electron chi connectivity index (χ3n) is 5.61. The number of fused-ring (bicyclic) bond motifs is 1. The van der Waals surface area contributed by atoms with Gasteiger partial charge in [-0.2, -0.15) is 0 Å². The Morgan fingerprint density at radius 1 is 1.11 bits per heavy atom. The summed E-state index contributed by atoms with van der Waals surface area (Å²) in [5.41, 5.74) is 1.73. The summed E-state index contributed by atoms with van der Waals surface area (Å²) in [5.74, 6) is -1.15. The number of ether oxygens (including phenoxy) is 1. The normalized spacial score (nSPS) is 17.3. The maximum atomic E-state index is 13.3. The Morgan fingerprint density at radius 3 is 2.51 bits per heavy atom. The minimum absolute atomic E-state index is 0.00114. The largest absolute Gasteiger partial charge is 0.507 e. The fraction of sp³-hybridized carbons (Fsp3) is 0.115. The van der Waals surface area contributed by atoms with Crippen molar-refractivity contribution in [1.29, 1.82) is 0 Å². The van der Waals surface area contributed by atoms with Gasteiger partial charge in [-0.1, -0.05) is 51.0 Å². The first-order chi connectivity index (χ1) is 16.9. The zero-order valence-electron chi connectivity index (χ0n) is 18.4.